The topological polar surface area (TPSA) is 126 Å². The average molecular weight is 649 g/mol. The lowest BCUT2D eigenvalue weighted by Crippen LogP contribution is -2.39. The second-order valence-corrected chi connectivity index (χ2v) is 12.9. The van der Waals surface area contributed by atoms with Crippen LogP contribution in [0.25, 0.3) is 11.4 Å². The number of pyridine rings is 1. The quantitative estimate of drug-likeness (QED) is 0.140. The Morgan fingerprint density at radius 1 is 0.867 bits per heavy atom. The highest BCUT2D eigenvalue weighted by molar-refractivity contribution is 7.92. The minimum absolute atomic E-state index is 0.160. The molecule has 2 amide bonds. The first-order valence-corrected chi connectivity index (χ1v) is 16.7. The summed E-state index contributed by atoms with van der Waals surface area (Å²) in [4.78, 5) is 22.0. The van der Waals surface area contributed by atoms with Gasteiger partial charge in [-0.2, -0.15) is 9.36 Å². The van der Waals surface area contributed by atoms with E-state index in [2.05, 4.69) is 29.7 Å². The second kappa shape index (κ2) is 14.4. The van der Waals surface area contributed by atoms with Gasteiger partial charge in [0.2, 0.25) is 15.2 Å². The molecule has 2 heterocycles. The van der Waals surface area contributed by atoms with Crippen molar-refractivity contribution in [2.24, 2.45) is 0 Å². The van der Waals surface area contributed by atoms with Crippen LogP contribution in [-0.2, 0) is 16.4 Å². The maximum atomic E-state index is 13.7. The fourth-order valence-electron chi connectivity index (χ4n) is 4.89. The van der Waals surface area contributed by atoms with Gasteiger partial charge in [0.15, 0.2) is 5.82 Å². The Labute approximate surface area is 264 Å². The number of halogens is 2. The van der Waals surface area contributed by atoms with Crippen molar-refractivity contribution in [3.05, 3.63) is 126 Å². The molecule has 45 heavy (non-hydrogen) atoms. The van der Waals surface area contributed by atoms with Gasteiger partial charge in [-0.05, 0) is 84.6 Å². The fourth-order valence-corrected chi connectivity index (χ4v) is 6.04. The zero-order valence-corrected chi connectivity index (χ0v) is 25.8. The predicted molar refractivity (Wildman–Crippen MR) is 172 cm³/mol. The van der Waals surface area contributed by atoms with E-state index in [1.807, 2.05) is 18.2 Å². The van der Waals surface area contributed by atoms with Gasteiger partial charge in [-0.15, -0.1) is 0 Å². The van der Waals surface area contributed by atoms with Gasteiger partial charge in [0, 0.05) is 53.1 Å². The number of anilines is 2. The molecule has 13 heteroatoms. The lowest BCUT2D eigenvalue weighted by atomic mass is 9.85. The minimum atomic E-state index is -3.40. The third-order valence-electron chi connectivity index (χ3n) is 6.96. The summed E-state index contributed by atoms with van der Waals surface area (Å²) in [5.41, 5.74) is 3.62. The molecule has 5 aromatic rings. The number of nitrogens with zero attached hydrogens (tertiary/aromatic N) is 3. The third-order valence-corrected chi connectivity index (χ3v) is 8.20. The third kappa shape index (κ3) is 9.37. The molecule has 232 valence electrons. The van der Waals surface area contributed by atoms with E-state index in [9.17, 15) is 22.0 Å². The molecule has 3 aromatic carbocycles. The van der Waals surface area contributed by atoms with Crippen LogP contribution in [0.1, 0.15) is 35.6 Å². The van der Waals surface area contributed by atoms with Gasteiger partial charge in [0.25, 0.3) is 0 Å². The monoisotopic (exact) mass is 648 g/mol. The van der Waals surface area contributed by atoms with Crippen LogP contribution < -0.4 is 15.4 Å². The number of carbonyl (C=O) groups is 1. The molecule has 9 nitrogen and oxygen atoms in total. The SMILES string of the molecule is CS(=O)(=O)Nc1ccc(-c2nsc(NC(=O)NC(CCC(c3ccc(F)cc3)c3ccc(F)cc3)Cc3ccccn3)n2)cc1. The van der Waals surface area contributed by atoms with Crippen LogP contribution >= 0.6 is 11.5 Å². The van der Waals surface area contributed by atoms with Crippen LogP contribution in [0.3, 0.4) is 0 Å². The number of carbonyl (C=O) groups excluding carboxylic acids is 1. The Bertz CT molecular complexity index is 1770. The molecule has 0 spiro atoms. The van der Waals surface area contributed by atoms with Gasteiger partial charge in [0.05, 0.1) is 6.26 Å². The van der Waals surface area contributed by atoms with E-state index in [4.69, 9.17) is 0 Å². The number of urea groups is 1. The molecular weight excluding hydrogens is 619 g/mol. The van der Waals surface area contributed by atoms with Crippen LogP contribution in [0.2, 0.25) is 0 Å². The van der Waals surface area contributed by atoms with Gasteiger partial charge < -0.3 is 5.32 Å². The first-order valence-electron chi connectivity index (χ1n) is 14.0. The summed E-state index contributed by atoms with van der Waals surface area (Å²) in [6.07, 6.45) is 4.35. The van der Waals surface area contributed by atoms with Crippen LogP contribution in [0.15, 0.2) is 97.2 Å². The van der Waals surface area contributed by atoms with Crippen molar-refractivity contribution >= 4 is 38.4 Å². The van der Waals surface area contributed by atoms with Gasteiger partial charge in [-0.25, -0.2) is 22.0 Å². The maximum absolute atomic E-state index is 13.7. The normalized spacial score (nSPS) is 12.1. The number of nitrogens with one attached hydrogen (secondary N) is 3. The Kier molecular flexibility index (Phi) is 10.1. The molecule has 0 saturated heterocycles. The highest BCUT2D eigenvalue weighted by Gasteiger charge is 2.21. The van der Waals surface area contributed by atoms with Crippen molar-refractivity contribution in [1.29, 1.82) is 0 Å². The number of hydrogen-bond acceptors (Lipinski definition) is 7. The maximum Gasteiger partial charge on any atom is 0.321 e. The summed E-state index contributed by atoms with van der Waals surface area (Å²) in [7, 11) is -3.40. The number of sulfonamides is 1. The Balaban J connectivity index is 1.28. The van der Waals surface area contributed by atoms with E-state index in [0.29, 0.717) is 36.3 Å². The minimum Gasteiger partial charge on any atom is -0.335 e. The van der Waals surface area contributed by atoms with Crippen molar-refractivity contribution in [2.75, 3.05) is 16.3 Å². The van der Waals surface area contributed by atoms with E-state index in [1.165, 1.54) is 24.3 Å². The average Bonchev–Trinajstić information content (AvgIpc) is 3.47. The van der Waals surface area contributed by atoms with Gasteiger partial charge >= 0.3 is 6.03 Å². The largest absolute Gasteiger partial charge is 0.335 e. The van der Waals surface area contributed by atoms with Gasteiger partial charge in [-0.3, -0.25) is 15.0 Å². The van der Waals surface area contributed by atoms with Crippen LogP contribution in [0, 0.1) is 11.6 Å². The molecule has 0 saturated carbocycles. The number of rotatable bonds is 12. The summed E-state index contributed by atoms with van der Waals surface area (Å²) in [5, 5.41) is 6.07. The summed E-state index contributed by atoms with van der Waals surface area (Å²) < 4.78 is 57.1. The molecule has 0 radical (unpaired) electrons. The Hall–Kier alpha value is -4.75. The molecule has 1 atom stereocenters. The molecule has 0 aliphatic rings. The predicted octanol–water partition coefficient (Wildman–Crippen LogP) is 6.59. The zero-order chi connectivity index (χ0) is 31.8. The van der Waals surface area contributed by atoms with Crippen LogP contribution in [0.5, 0.6) is 0 Å². The molecule has 3 N–H and O–H groups in total. The van der Waals surface area contributed by atoms with Crippen molar-refractivity contribution < 1.29 is 22.0 Å². The number of benzene rings is 3. The van der Waals surface area contributed by atoms with Crippen molar-refractivity contribution in [3.8, 4) is 11.4 Å². The molecule has 5 rings (SSSR count). The lowest BCUT2D eigenvalue weighted by molar-refractivity contribution is 0.247. The fraction of sp³-hybridized carbons (Fsp3) is 0.188. The number of aromatic nitrogens is 3. The van der Waals surface area contributed by atoms with Crippen molar-refractivity contribution in [3.63, 3.8) is 0 Å². The summed E-state index contributed by atoms with van der Waals surface area (Å²) in [6.45, 7) is 0. The summed E-state index contributed by atoms with van der Waals surface area (Å²) in [6, 6.07) is 23.9. The molecule has 1 unspecified atom stereocenters. The van der Waals surface area contributed by atoms with E-state index in [1.54, 1.807) is 54.7 Å². The van der Waals surface area contributed by atoms with Crippen LogP contribution in [-0.4, -0.2) is 41.1 Å². The van der Waals surface area contributed by atoms with E-state index in [-0.39, 0.29) is 28.7 Å². The standard InChI is InChI=1S/C32H30F2N6O3S2/c1-45(42,43)40-26-15-9-23(10-16-26)30-37-32(44-39-30)38-31(41)36-28(20-27-4-2-3-19-35-27)17-18-29(21-5-11-24(33)12-6-21)22-7-13-25(34)14-8-22/h2-16,19,28-29,40H,17-18,20H2,1H3,(H2,36,37,38,39,41). The zero-order valence-electron chi connectivity index (χ0n) is 24.2. The Morgan fingerprint density at radius 3 is 2.09 bits per heavy atom. The molecule has 0 bridgehead atoms. The van der Waals surface area contributed by atoms with Crippen molar-refractivity contribution in [1.82, 2.24) is 19.7 Å². The van der Waals surface area contributed by atoms with E-state index >= 15 is 0 Å². The molecule has 2 aromatic heterocycles. The van der Waals surface area contributed by atoms with Crippen LogP contribution in [0.4, 0.5) is 24.4 Å². The number of hydrogen-bond donors (Lipinski definition) is 3. The highest BCUT2D eigenvalue weighted by Crippen LogP contribution is 2.31. The molecular formula is C32H30F2N6O3S2. The summed E-state index contributed by atoms with van der Waals surface area (Å²) in [5.74, 6) is -0.465. The Morgan fingerprint density at radius 2 is 1.51 bits per heavy atom. The molecule has 0 aliphatic carbocycles. The second-order valence-electron chi connectivity index (χ2n) is 10.4. The van der Waals surface area contributed by atoms with Gasteiger partial charge in [0.1, 0.15) is 11.6 Å². The lowest BCUT2D eigenvalue weighted by Gasteiger charge is -2.23. The molecule has 0 fully saturated rings. The van der Waals surface area contributed by atoms with Gasteiger partial charge in [-0.1, -0.05) is 30.3 Å². The van der Waals surface area contributed by atoms with Crippen molar-refractivity contribution in [2.45, 2.75) is 31.2 Å². The summed E-state index contributed by atoms with van der Waals surface area (Å²) >= 11 is 1.01. The van der Waals surface area contributed by atoms with E-state index in [0.717, 1.165) is 34.6 Å². The highest BCUT2D eigenvalue weighted by atomic mass is 32.2. The smallest absolute Gasteiger partial charge is 0.321 e. The molecule has 0 aliphatic heterocycles. The van der Waals surface area contributed by atoms with E-state index < -0.39 is 16.1 Å². The first-order chi connectivity index (χ1) is 21.6. The first kappa shape index (κ1) is 31.7. The number of amides is 2.